The van der Waals surface area contributed by atoms with Gasteiger partial charge in [0.1, 0.15) is 0 Å². The molecule has 2 aromatic carbocycles. The van der Waals surface area contributed by atoms with E-state index >= 15 is 0 Å². The highest BCUT2D eigenvalue weighted by atomic mass is 35.5. The molecular formula is C21H26Cl2N2O. The van der Waals surface area contributed by atoms with Crippen LogP contribution in [0.25, 0.3) is 0 Å². The Morgan fingerprint density at radius 3 is 2.12 bits per heavy atom. The van der Waals surface area contributed by atoms with Crippen LogP contribution in [-0.4, -0.2) is 6.03 Å². The topological polar surface area (TPSA) is 41.1 Å². The molecule has 0 heterocycles. The van der Waals surface area contributed by atoms with Gasteiger partial charge >= 0.3 is 6.03 Å². The fourth-order valence-corrected chi connectivity index (χ4v) is 3.25. The fraction of sp³-hybridized carbons (Fsp3) is 0.381. The average Bonchev–Trinajstić information content (AvgIpc) is 2.63. The molecule has 0 aliphatic rings. The molecule has 0 saturated carbocycles. The first-order chi connectivity index (χ1) is 12.6. The smallest absolute Gasteiger partial charge is 0.308 e. The van der Waals surface area contributed by atoms with E-state index in [1.165, 1.54) is 44.1 Å². The molecule has 140 valence electrons. The molecule has 0 aliphatic heterocycles. The van der Waals surface area contributed by atoms with Crippen LogP contribution in [0.2, 0.25) is 10.0 Å². The van der Waals surface area contributed by atoms with Gasteiger partial charge in [0.25, 0.3) is 0 Å². The van der Waals surface area contributed by atoms with Crippen LogP contribution in [0.1, 0.15) is 51.0 Å². The number of benzene rings is 2. The van der Waals surface area contributed by atoms with E-state index in [0.717, 1.165) is 12.1 Å². The second-order valence-electron chi connectivity index (χ2n) is 6.39. The van der Waals surface area contributed by atoms with E-state index < -0.39 is 0 Å². The minimum Gasteiger partial charge on any atom is -0.308 e. The Balaban J connectivity index is 1.78. The van der Waals surface area contributed by atoms with Gasteiger partial charge in [-0.25, -0.2) is 4.79 Å². The van der Waals surface area contributed by atoms with Crippen molar-refractivity contribution in [2.24, 2.45) is 0 Å². The Hall–Kier alpha value is -1.71. The van der Waals surface area contributed by atoms with Gasteiger partial charge in [-0.15, -0.1) is 0 Å². The van der Waals surface area contributed by atoms with Crippen molar-refractivity contribution in [3.63, 3.8) is 0 Å². The van der Waals surface area contributed by atoms with Crippen LogP contribution in [-0.2, 0) is 6.42 Å². The van der Waals surface area contributed by atoms with Crippen molar-refractivity contribution in [2.45, 2.75) is 51.9 Å². The minimum absolute atomic E-state index is 0.372. The van der Waals surface area contributed by atoms with E-state index in [1.807, 2.05) is 12.1 Å². The highest BCUT2D eigenvalue weighted by molar-refractivity contribution is 6.39. The van der Waals surface area contributed by atoms with E-state index in [-0.39, 0.29) is 6.03 Å². The van der Waals surface area contributed by atoms with Gasteiger partial charge in [0.2, 0.25) is 0 Å². The van der Waals surface area contributed by atoms with Gasteiger partial charge in [0, 0.05) is 5.69 Å². The number of hydrogen-bond donors (Lipinski definition) is 2. The number of rotatable bonds is 9. The van der Waals surface area contributed by atoms with E-state index in [1.54, 1.807) is 18.2 Å². The molecule has 0 atom stereocenters. The third-order valence-electron chi connectivity index (χ3n) is 4.23. The highest BCUT2D eigenvalue weighted by Crippen LogP contribution is 2.29. The number of para-hydroxylation sites is 1. The SMILES string of the molecule is CCCCCCCCc1ccc(NC(=O)Nc2c(Cl)cccc2Cl)cc1. The van der Waals surface area contributed by atoms with Gasteiger partial charge in [0.15, 0.2) is 0 Å². The van der Waals surface area contributed by atoms with Crippen molar-refractivity contribution >= 4 is 40.6 Å². The van der Waals surface area contributed by atoms with Gasteiger partial charge in [-0.05, 0) is 42.7 Å². The van der Waals surface area contributed by atoms with Crippen molar-refractivity contribution < 1.29 is 4.79 Å². The molecule has 2 amide bonds. The number of aryl methyl sites for hydroxylation is 1. The molecule has 0 aliphatic carbocycles. The largest absolute Gasteiger partial charge is 0.323 e. The van der Waals surface area contributed by atoms with E-state index in [0.29, 0.717) is 15.7 Å². The summed E-state index contributed by atoms with van der Waals surface area (Å²) in [5.74, 6) is 0. The molecule has 0 unspecified atom stereocenters. The lowest BCUT2D eigenvalue weighted by Gasteiger charge is -2.11. The number of halogens is 2. The number of carbonyl (C=O) groups is 1. The minimum atomic E-state index is -0.372. The van der Waals surface area contributed by atoms with E-state index in [4.69, 9.17) is 23.2 Å². The van der Waals surface area contributed by atoms with Gasteiger partial charge in [-0.3, -0.25) is 0 Å². The van der Waals surface area contributed by atoms with Gasteiger partial charge in [-0.2, -0.15) is 0 Å². The van der Waals surface area contributed by atoms with Gasteiger partial charge in [-0.1, -0.05) is 80.4 Å². The Kier molecular flexibility index (Phi) is 8.79. The lowest BCUT2D eigenvalue weighted by atomic mass is 10.0. The van der Waals surface area contributed by atoms with Crippen molar-refractivity contribution in [1.82, 2.24) is 0 Å². The summed E-state index contributed by atoms with van der Waals surface area (Å²) < 4.78 is 0. The highest BCUT2D eigenvalue weighted by Gasteiger charge is 2.09. The molecule has 2 rings (SSSR count). The monoisotopic (exact) mass is 392 g/mol. The zero-order valence-corrected chi connectivity index (χ0v) is 16.7. The second kappa shape index (κ2) is 11.1. The van der Waals surface area contributed by atoms with Gasteiger partial charge < -0.3 is 10.6 Å². The number of carbonyl (C=O) groups excluding carboxylic acids is 1. The number of amides is 2. The summed E-state index contributed by atoms with van der Waals surface area (Å²) in [6, 6.07) is 12.7. The summed E-state index contributed by atoms with van der Waals surface area (Å²) in [7, 11) is 0. The van der Waals surface area contributed by atoms with E-state index in [2.05, 4.69) is 29.7 Å². The predicted octanol–water partition coefficient (Wildman–Crippen LogP) is 7.54. The number of unbranched alkanes of at least 4 members (excludes halogenated alkanes) is 5. The van der Waals surface area contributed by atoms with Crippen LogP contribution in [0.3, 0.4) is 0 Å². The molecule has 5 heteroatoms. The molecular weight excluding hydrogens is 367 g/mol. The molecule has 2 aromatic rings. The predicted molar refractivity (Wildman–Crippen MR) is 113 cm³/mol. The molecule has 3 nitrogen and oxygen atoms in total. The lowest BCUT2D eigenvalue weighted by molar-refractivity contribution is 0.262. The third-order valence-corrected chi connectivity index (χ3v) is 4.86. The Labute approximate surface area is 166 Å². The average molecular weight is 393 g/mol. The van der Waals surface area contributed by atoms with Crippen molar-refractivity contribution in [1.29, 1.82) is 0 Å². The summed E-state index contributed by atoms with van der Waals surface area (Å²) in [5.41, 5.74) is 2.44. The molecule has 2 N–H and O–H groups in total. The standard InChI is InChI=1S/C21H26Cl2N2O/c1-2-3-4-5-6-7-9-16-12-14-17(15-13-16)24-21(26)25-20-18(22)10-8-11-19(20)23/h8,10-15H,2-7,9H2,1H3,(H2,24,25,26). The van der Waals surface area contributed by atoms with Crippen LogP contribution in [0.5, 0.6) is 0 Å². The van der Waals surface area contributed by atoms with Crippen LogP contribution in [0, 0.1) is 0 Å². The molecule has 0 saturated heterocycles. The zero-order chi connectivity index (χ0) is 18.8. The Morgan fingerprint density at radius 1 is 0.846 bits per heavy atom. The number of urea groups is 1. The quantitative estimate of drug-likeness (QED) is 0.425. The maximum atomic E-state index is 12.1. The van der Waals surface area contributed by atoms with Crippen molar-refractivity contribution in [3.05, 3.63) is 58.1 Å². The Morgan fingerprint density at radius 2 is 1.46 bits per heavy atom. The molecule has 0 radical (unpaired) electrons. The molecule has 0 bridgehead atoms. The summed E-state index contributed by atoms with van der Waals surface area (Å²) in [6.07, 6.45) is 8.84. The summed E-state index contributed by atoms with van der Waals surface area (Å²) in [4.78, 5) is 12.1. The van der Waals surface area contributed by atoms with Crippen LogP contribution in [0.15, 0.2) is 42.5 Å². The van der Waals surface area contributed by atoms with Crippen LogP contribution >= 0.6 is 23.2 Å². The van der Waals surface area contributed by atoms with Crippen LogP contribution in [0.4, 0.5) is 16.2 Å². The van der Waals surface area contributed by atoms with E-state index in [9.17, 15) is 4.79 Å². The summed E-state index contributed by atoms with van der Waals surface area (Å²) in [6.45, 7) is 2.24. The molecule has 0 aromatic heterocycles. The fourth-order valence-electron chi connectivity index (χ4n) is 2.76. The summed E-state index contributed by atoms with van der Waals surface area (Å²) >= 11 is 12.1. The molecule has 26 heavy (non-hydrogen) atoms. The van der Waals surface area contributed by atoms with Gasteiger partial charge in [0.05, 0.1) is 15.7 Å². The maximum Gasteiger partial charge on any atom is 0.323 e. The van der Waals surface area contributed by atoms with Crippen molar-refractivity contribution in [3.8, 4) is 0 Å². The number of hydrogen-bond acceptors (Lipinski definition) is 1. The lowest BCUT2D eigenvalue weighted by Crippen LogP contribution is -2.19. The maximum absolute atomic E-state index is 12.1. The third kappa shape index (κ3) is 6.89. The normalized spacial score (nSPS) is 10.6. The first-order valence-electron chi connectivity index (χ1n) is 9.21. The van der Waals surface area contributed by atoms with Crippen LogP contribution < -0.4 is 10.6 Å². The number of nitrogens with one attached hydrogen (secondary N) is 2. The summed E-state index contributed by atoms with van der Waals surface area (Å²) in [5, 5.41) is 6.29. The first kappa shape index (κ1) is 20.6. The Bertz CT molecular complexity index is 681. The number of anilines is 2. The zero-order valence-electron chi connectivity index (χ0n) is 15.2. The molecule has 0 spiro atoms. The first-order valence-corrected chi connectivity index (χ1v) is 9.96. The molecule has 0 fully saturated rings. The van der Waals surface area contributed by atoms with Crippen molar-refractivity contribution in [2.75, 3.05) is 10.6 Å². The second-order valence-corrected chi connectivity index (χ2v) is 7.20.